The third kappa shape index (κ3) is 4.02. The second kappa shape index (κ2) is 5.52. The zero-order chi connectivity index (χ0) is 13.1. The van der Waals surface area contributed by atoms with Crippen molar-refractivity contribution >= 4 is 11.8 Å². The molecule has 0 aromatic heterocycles. The monoisotopic (exact) mass is 240 g/mol. The molecule has 0 atom stereocenters. The molecule has 1 heterocycles. The summed E-state index contributed by atoms with van der Waals surface area (Å²) in [6.07, 6.45) is 2.02. The molecule has 0 radical (unpaired) electrons. The van der Waals surface area contributed by atoms with Gasteiger partial charge in [0.1, 0.15) is 0 Å². The molecule has 0 spiro atoms. The van der Waals surface area contributed by atoms with Gasteiger partial charge in [0.05, 0.1) is 0 Å². The van der Waals surface area contributed by atoms with Crippen molar-refractivity contribution in [2.45, 2.75) is 40.5 Å². The lowest BCUT2D eigenvalue weighted by atomic mass is 9.95. The fourth-order valence-corrected chi connectivity index (χ4v) is 2.00. The van der Waals surface area contributed by atoms with E-state index in [1.807, 2.05) is 0 Å². The molecule has 0 aromatic carbocycles. The van der Waals surface area contributed by atoms with Gasteiger partial charge in [-0.25, -0.2) is 0 Å². The van der Waals surface area contributed by atoms with Gasteiger partial charge >= 0.3 is 11.8 Å². The lowest BCUT2D eigenvalue weighted by Crippen LogP contribution is -2.55. The third-order valence-electron chi connectivity index (χ3n) is 2.84. The second-order valence-electron chi connectivity index (χ2n) is 5.93. The van der Waals surface area contributed by atoms with Crippen LogP contribution in [0.5, 0.6) is 0 Å². The first-order valence-corrected chi connectivity index (χ1v) is 6.43. The summed E-state index contributed by atoms with van der Waals surface area (Å²) in [5.41, 5.74) is 0.0432. The van der Waals surface area contributed by atoms with Crippen molar-refractivity contribution in [3.8, 4) is 0 Å². The van der Waals surface area contributed by atoms with Gasteiger partial charge < -0.3 is 9.80 Å². The number of hydrogen-bond donors (Lipinski definition) is 0. The minimum Gasteiger partial charge on any atom is -0.333 e. The van der Waals surface area contributed by atoms with E-state index < -0.39 is 0 Å². The molecule has 0 bridgehead atoms. The Hall–Kier alpha value is -1.06. The fraction of sp³-hybridized carbons (Fsp3) is 0.846. The van der Waals surface area contributed by atoms with Gasteiger partial charge in [-0.05, 0) is 11.8 Å². The zero-order valence-electron chi connectivity index (χ0n) is 11.5. The summed E-state index contributed by atoms with van der Waals surface area (Å²) >= 11 is 0. The van der Waals surface area contributed by atoms with E-state index >= 15 is 0 Å². The maximum Gasteiger partial charge on any atom is 0.312 e. The molecule has 17 heavy (non-hydrogen) atoms. The van der Waals surface area contributed by atoms with Crippen LogP contribution in [0.25, 0.3) is 0 Å². The Morgan fingerprint density at radius 3 is 2.12 bits per heavy atom. The van der Waals surface area contributed by atoms with Crippen LogP contribution in [0.15, 0.2) is 0 Å². The molecule has 0 unspecified atom stereocenters. The van der Waals surface area contributed by atoms with Gasteiger partial charge in [-0.1, -0.05) is 34.1 Å². The van der Waals surface area contributed by atoms with E-state index in [-0.39, 0.29) is 17.2 Å². The first-order valence-electron chi connectivity index (χ1n) is 6.43. The van der Waals surface area contributed by atoms with Crippen LogP contribution in [0.4, 0.5) is 0 Å². The predicted molar refractivity (Wildman–Crippen MR) is 67.5 cm³/mol. The van der Waals surface area contributed by atoms with Crippen LogP contribution in [0.3, 0.4) is 0 Å². The topological polar surface area (TPSA) is 40.6 Å². The first-order chi connectivity index (χ1) is 7.85. The van der Waals surface area contributed by atoms with Crippen molar-refractivity contribution in [3.63, 3.8) is 0 Å². The van der Waals surface area contributed by atoms with Crippen LogP contribution in [0, 0.1) is 5.41 Å². The number of amides is 2. The maximum atomic E-state index is 11.9. The highest BCUT2D eigenvalue weighted by atomic mass is 16.2. The number of carbonyl (C=O) groups is 2. The summed E-state index contributed by atoms with van der Waals surface area (Å²) in [5, 5.41) is 0. The number of piperazine rings is 1. The van der Waals surface area contributed by atoms with E-state index in [0.29, 0.717) is 26.2 Å². The van der Waals surface area contributed by atoms with Crippen LogP contribution < -0.4 is 0 Å². The Morgan fingerprint density at radius 2 is 1.59 bits per heavy atom. The van der Waals surface area contributed by atoms with E-state index in [1.165, 1.54) is 0 Å². The van der Waals surface area contributed by atoms with Crippen molar-refractivity contribution in [1.29, 1.82) is 0 Å². The summed E-state index contributed by atoms with van der Waals surface area (Å²) in [6.45, 7) is 11.0. The normalized spacial score (nSPS) is 17.9. The molecule has 1 aliphatic heterocycles. The molecule has 2 amide bonds. The minimum absolute atomic E-state index is 0.0432. The van der Waals surface area contributed by atoms with E-state index in [9.17, 15) is 9.59 Å². The summed E-state index contributed by atoms with van der Waals surface area (Å²) < 4.78 is 0. The van der Waals surface area contributed by atoms with Gasteiger partial charge in [-0.2, -0.15) is 0 Å². The Balaban J connectivity index is 2.56. The molecule has 1 aliphatic rings. The average molecular weight is 240 g/mol. The van der Waals surface area contributed by atoms with Crippen LogP contribution in [0.1, 0.15) is 40.5 Å². The van der Waals surface area contributed by atoms with E-state index in [1.54, 1.807) is 9.80 Å². The molecule has 1 fully saturated rings. The molecule has 0 aromatic rings. The lowest BCUT2D eigenvalue weighted by Gasteiger charge is -2.36. The second-order valence-corrected chi connectivity index (χ2v) is 5.93. The predicted octanol–water partition coefficient (Wildman–Crippen LogP) is 1.50. The van der Waals surface area contributed by atoms with Gasteiger partial charge in [-0.15, -0.1) is 0 Å². The highest BCUT2D eigenvalue weighted by Crippen LogP contribution is 2.17. The van der Waals surface area contributed by atoms with Crippen LogP contribution >= 0.6 is 0 Å². The van der Waals surface area contributed by atoms with Crippen molar-refractivity contribution < 1.29 is 9.59 Å². The summed E-state index contributed by atoms with van der Waals surface area (Å²) in [5.74, 6) is -0.656. The lowest BCUT2D eigenvalue weighted by molar-refractivity contribution is -0.156. The van der Waals surface area contributed by atoms with Crippen LogP contribution in [0.2, 0.25) is 0 Å². The Kier molecular flexibility index (Phi) is 4.54. The van der Waals surface area contributed by atoms with Gasteiger partial charge in [0.25, 0.3) is 0 Å². The van der Waals surface area contributed by atoms with Gasteiger partial charge in [-0.3, -0.25) is 9.59 Å². The fourth-order valence-electron chi connectivity index (χ4n) is 2.00. The standard InChI is InChI=1S/C13H24N2O2/c1-5-6-7-14-8-9-15(10-13(2,3)4)12(17)11(14)16/h5-10H2,1-4H3. The minimum atomic E-state index is -0.331. The first kappa shape index (κ1) is 14.0. The van der Waals surface area contributed by atoms with Crippen molar-refractivity contribution in [2.24, 2.45) is 5.41 Å². The number of carbonyl (C=O) groups excluding carboxylic acids is 2. The van der Waals surface area contributed by atoms with Crippen LogP contribution in [-0.4, -0.2) is 47.8 Å². The molecule has 4 heteroatoms. The number of unbranched alkanes of at least 4 members (excludes halogenated alkanes) is 1. The molecular formula is C13H24N2O2. The molecule has 0 aliphatic carbocycles. The number of rotatable bonds is 4. The Labute approximate surface area is 104 Å². The Bertz CT molecular complexity index is 294. The van der Waals surface area contributed by atoms with Gasteiger partial charge in [0.15, 0.2) is 0 Å². The van der Waals surface area contributed by atoms with E-state index in [4.69, 9.17) is 0 Å². The Morgan fingerprint density at radius 1 is 1.06 bits per heavy atom. The molecule has 98 valence electrons. The molecule has 1 rings (SSSR count). The molecule has 0 saturated carbocycles. The maximum absolute atomic E-state index is 11.9. The van der Waals surface area contributed by atoms with Crippen molar-refractivity contribution in [2.75, 3.05) is 26.2 Å². The van der Waals surface area contributed by atoms with Crippen molar-refractivity contribution in [1.82, 2.24) is 9.80 Å². The molecular weight excluding hydrogens is 216 g/mol. The SMILES string of the molecule is CCCCN1CCN(CC(C)(C)C)C(=O)C1=O. The van der Waals surface area contributed by atoms with Gasteiger partial charge in [0.2, 0.25) is 0 Å². The summed E-state index contributed by atoms with van der Waals surface area (Å²) in [6, 6.07) is 0. The van der Waals surface area contributed by atoms with Crippen LogP contribution in [-0.2, 0) is 9.59 Å². The highest BCUT2D eigenvalue weighted by Gasteiger charge is 2.33. The molecule has 0 N–H and O–H groups in total. The zero-order valence-corrected chi connectivity index (χ0v) is 11.5. The average Bonchev–Trinajstić information content (AvgIpc) is 2.22. The molecule has 1 saturated heterocycles. The van der Waals surface area contributed by atoms with E-state index in [0.717, 1.165) is 12.8 Å². The van der Waals surface area contributed by atoms with E-state index in [2.05, 4.69) is 27.7 Å². The summed E-state index contributed by atoms with van der Waals surface area (Å²) in [4.78, 5) is 27.1. The number of nitrogens with zero attached hydrogens (tertiary/aromatic N) is 2. The van der Waals surface area contributed by atoms with Crippen molar-refractivity contribution in [3.05, 3.63) is 0 Å². The largest absolute Gasteiger partial charge is 0.333 e. The quantitative estimate of drug-likeness (QED) is 0.699. The smallest absolute Gasteiger partial charge is 0.312 e. The number of hydrogen-bond acceptors (Lipinski definition) is 2. The summed E-state index contributed by atoms with van der Waals surface area (Å²) in [7, 11) is 0. The van der Waals surface area contributed by atoms with Gasteiger partial charge in [0, 0.05) is 26.2 Å². The highest BCUT2D eigenvalue weighted by molar-refractivity contribution is 6.35. The third-order valence-corrected chi connectivity index (χ3v) is 2.84. The molecule has 4 nitrogen and oxygen atoms in total.